The van der Waals surface area contributed by atoms with Gasteiger partial charge in [-0.2, -0.15) is 5.26 Å². The van der Waals surface area contributed by atoms with Crippen molar-refractivity contribution < 1.29 is 9.53 Å². The molecule has 0 atom stereocenters. The summed E-state index contributed by atoms with van der Waals surface area (Å²) < 4.78 is 6.14. The zero-order valence-electron chi connectivity index (χ0n) is 12.6. The Balaban J connectivity index is 2.17. The summed E-state index contributed by atoms with van der Waals surface area (Å²) in [6, 6.07) is 11.5. The third-order valence-corrected chi connectivity index (χ3v) is 5.28. The number of nitriles is 1. The predicted octanol–water partition coefficient (Wildman–Crippen LogP) is 5.03. The number of nitrogens with zero attached hydrogens (tertiary/aromatic N) is 2. The van der Waals surface area contributed by atoms with E-state index in [-0.39, 0.29) is 18.3 Å². The third-order valence-electron chi connectivity index (χ3n) is 3.12. The van der Waals surface area contributed by atoms with Crippen molar-refractivity contribution in [3.8, 4) is 33.0 Å². The van der Waals surface area contributed by atoms with E-state index in [1.54, 1.807) is 6.07 Å². The number of rotatable bonds is 5. The second-order valence-corrected chi connectivity index (χ2v) is 7.58. The molecule has 0 saturated carbocycles. The maximum absolute atomic E-state index is 11.2. The zero-order valence-corrected chi connectivity index (χ0v) is 15.0. The molecule has 0 unspecified atom stereocenters. The quantitative estimate of drug-likeness (QED) is 0.628. The Labute approximate surface area is 151 Å². The lowest BCUT2D eigenvalue weighted by Gasteiger charge is -2.11. The molecule has 7 heteroatoms. The number of halogens is 1. The molecule has 3 aromatic heterocycles. The maximum atomic E-state index is 11.2. The Morgan fingerprint density at radius 1 is 1.38 bits per heavy atom. The standard InChI is InChI=1S/C17H11ClN2O2S2/c1-10(21)9-22-17-12(8-19)11(14-3-2-6-23-14)7-13(20-17)15-4-5-16(18)24-15/h2-7H,9H2,1H3. The highest BCUT2D eigenvalue weighted by Crippen LogP contribution is 2.38. The normalized spacial score (nSPS) is 10.4. The second-order valence-electron chi connectivity index (χ2n) is 4.92. The minimum absolute atomic E-state index is 0.125. The van der Waals surface area contributed by atoms with Crippen LogP contribution in [0, 0.1) is 11.3 Å². The first-order valence-electron chi connectivity index (χ1n) is 6.95. The first-order valence-corrected chi connectivity index (χ1v) is 9.03. The van der Waals surface area contributed by atoms with E-state index in [1.165, 1.54) is 29.6 Å². The fourth-order valence-electron chi connectivity index (χ4n) is 2.11. The van der Waals surface area contributed by atoms with Gasteiger partial charge >= 0.3 is 0 Å². The summed E-state index contributed by atoms with van der Waals surface area (Å²) in [5, 5.41) is 11.5. The molecule has 0 aromatic carbocycles. The highest BCUT2D eigenvalue weighted by atomic mass is 35.5. The van der Waals surface area contributed by atoms with Crippen molar-refractivity contribution in [1.29, 1.82) is 5.26 Å². The molecule has 24 heavy (non-hydrogen) atoms. The van der Waals surface area contributed by atoms with E-state index < -0.39 is 0 Å². The molecule has 3 aromatic rings. The van der Waals surface area contributed by atoms with Gasteiger partial charge in [-0.1, -0.05) is 17.7 Å². The molecule has 3 rings (SSSR count). The van der Waals surface area contributed by atoms with Gasteiger partial charge in [-0.05, 0) is 36.6 Å². The Hall–Kier alpha value is -2.20. The molecule has 3 heterocycles. The topological polar surface area (TPSA) is 63.0 Å². The molecule has 0 bridgehead atoms. The lowest BCUT2D eigenvalue weighted by Crippen LogP contribution is -2.09. The predicted molar refractivity (Wildman–Crippen MR) is 96.8 cm³/mol. The number of carbonyl (C=O) groups excluding carboxylic acids is 1. The smallest absolute Gasteiger partial charge is 0.233 e. The van der Waals surface area contributed by atoms with Crippen LogP contribution in [-0.2, 0) is 4.79 Å². The van der Waals surface area contributed by atoms with Crippen molar-refractivity contribution >= 4 is 40.1 Å². The lowest BCUT2D eigenvalue weighted by atomic mass is 10.1. The average molecular weight is 375 g/mol. The van der Waals surface area contributed by atoms with E-state index in [0.717, 1.165) is 15.3 Å². The lowest BCUT2D eigenvalue weighted by molar-refractivity contribution is -0.119. The number of hydrogen-bond donors (Lipinski definition) is 0. The largest absolute Gasteiger partial charge is 0.469 e. The van der Waals surface area contributed by atoms with Gasteiger partial charge in [-0.25, -0.2) is 4.98 Å². The van der Waals surface area contributed by atoms with Crippen molar-refractivity contribution in [3.05, 3.63) is 45.6 Å². The number of carbonyl (C=O) groups is 1. The molecule has 0 aliphatic carbocycles. The van der Waals surface area contributed by atoms with Crippen LogP contribution in [0.3, 0.4) is 0 Å². The number of Topliss-reactive ketones (excluding diaryl/α,β-unsaturated/α-hetero) is 1. The van der Waals surface area contributed by atoms with Crippen LogP contribution in [0.25, 0.3) is 21.0 Å². The minimum atomic E-state index is -0.136. The number of ether oxygens (including phenoxy) is 1. The van der Waals surface area contributed by atoms with Crippen LogP contribution in [0.15, 0.2) is 35.7 Å². The fraction of sp³-hybridized carbons (Fsp3) is 0.118. The zero-order chi connectivity index (χ0) is 17.1. The van der Waals surface area contributed by atoms with E-state index in [1.807, 2.05) is 29.6 Å². The van der Waals surface area contributed by atoms with Gasteiger partial charge in [-0.3, -0.25) is 4.79 Å². The fourth-order valence-corrected chi connectivity index (χ4v) is 3.86. The molecule has 0 radical (unpaired) electrons. The molecule has 0 saturated heterocycles. The van der Waals surface area contributed by atoms with Gasteiger partial charge in [0.25, 0.3) is 0 Å². The van der Waals surface area contributed by atoms with Gasteiger partial charge in [0.05, 0.1) is 14.9 Å². The first-order chi connectivity index (χ1) is 11.6. The SMILES string of the molecule is CC(=O)COc1nc(-c2ccc(Cl)s2)cc(-c2cccs2)c1C#N. The van der Waals surface area contributed by atoms with Crippen LogP contribution in [-0.4, -0.2) is 17.4 Å². The number of aromatic nitrogens is 1. The molecule has 0 aliphatic heterocycles. The van der Waals surface area contributed by atoms with Gasteiger partial charge in [0.2, 0.25) is 5.88 Å². The van der Waals surface area contributed by atoms with E-state index in [2.05, 4.69) is 11.1 Å². The summed E-state index contributed by atoms with van der Waals surface area (Å²) in [6.07, 6.45) is 0. The van der Waals surface area contributed by atoms with Gasteiger partial charge < -0.3 is 4.74 Å². The van der Waals surface area contributed by atoms with Gasteiger partial charge in [0.1, 0.15) is 18.2 Å². The monoisotopic (exact) mass is 374 g/mol. The number of ketones is 1. The Bertz CT molecular complexity index is 927. The van der Waals surface area contributed by atoms with E-state index in [4.69, 9.17) is 16.3 Å². The molecule has 0 aliphatic rings. The van der Waals surface area contributed by atoms with Crippen molar-refractivity contribution in [2.45, 2.75) is 6.92 Å². The third kappa shape index (κ3) is 3.49. The first kappa shape index (κ1) is 16.7. The van der Waals surface area contributed by atoms with Crippen LogP contribution < -0.4 is 4.74 Å². The molecule has 120 valence electrons. The van der Waals surface area contributed by atoms with Crippen molar-refractivity contribution in [2.24, 2.45) is 0 Å². The average Bonchev–Trinajstić information content (AvgIpc) is 3.23. The molecule has 4 nitrogen and oxygen atoms in total. The van der Waals surface area contributed by atoms with Gasteiger partial charge in [0, 0.05) is 10.4 Å². The van der Waals surface area contributed by atoms with Crippen molar-refractivity contribution in [2.75, 3.05) is 6.61 Å². The summed E-state index contributed by atoms with van der Waals surface area (Å²) in [5.74, 6) is 0.0288. The Kier molecular flexibility index (Phi) is 4.95. The van der Waals surface area contributed by atoms with Gasteiger partial charge in [-0.15, -0.1) is 22.7 Å². The summed E-state index contributed by atoms with van der Waals surface area (Å²) in [7, 11) is 0. The van der Waals surface area contributed by atoms with Gasteiger partial charge in [0.15, 0.2) is 5.78 Å². The van der Waals surface area contributed by atoms with E-state index >= 15 is 0 Å². The van der Waals surface area contributed by atoms with E-state index in [9.17, 15) is 10.1 Å². The van der Waals surface area contributed by atoms with Crippen molar-refractivity contribution in [1.82, 2.24) is 4.98 Å². The van der Waals surface area contributed by atoms with Crippen LogP contribution in [0.2, 0.25) is 4.34 Å². The minimum Gasteiger partial charge on any atom is -0.469 e. The number of hydrogen-bond acceptors (Lipinski definition) is 6. The second kappa shape index (κ2) is 7.14. The van der Waals surface area contributed by atoms with Crippen LogP contribution in [0.4, 0.5) is 0 Å². The Morgan fingerprint density at radius 3 is 2.79 bits per heavy atom. The maximum Gasteiger partial charge on any atom is 0.233 e. The summed E-state index contributed by atoms with van der Waals surface area (Å²) >= 11 is 8.93. The summed E-state index contributed by atoms with van der Waals surface area (Å²) in [6.45, 7) is 1.30. The molecule has 0 spiro atoms. The Morgan fingerprint density at radius 2 is 2.21 bits per heavy atom. The molecular weight excluding hydrogens is 364 g/mol. The van der Waals surface area contributed by atoms with Crippen molar-refractivity contribution in [3.63, 3.8) is 0 Å². The summed E-state index contributed by atoms with van der Waals surface area (Å²) in [4.78, 5) is 17.5. The highest BCUT2D eigenvalue weighted by molar-refractivity contribution is 7.19. The van der Waals surface area contributed by atoms with E-state index in [0.29, 0.717) is 15.6 Å². The molecule has 0 fully saturated rings. The van der Waals surface area contributed by atoms with Crippen LogP contribution in [0.1, 0.15) is 12.5 Å². The molecule has 0 amide bonds. The summed E-state index contributed by atoms with van der Waals surface area (Å²) in [5.41, 5.74) is 1.72. The highest BCUT2D eigenvalue weighted by Gasteiger charge is 2.18. The molecular formula is C17H11ClN2O2S2. The molecule has 0 N–H and O–H groups in total. The number of pyridine rings is 1. The van der Waals surface area contributed by atoms with Crippen LogP contribution >= 0.6 is 34.3 Å². The van der Waals surface area contributed by atoms with Crippen LogP contribution in [0.5, 0.6) is 5.88 Å². The number of thiophene rings is 2.